The minimum atomic E-state index is -0.229. The van der Waals surface area contributed by atoms with E-state index in [9.17, 15) is 4.79 Å². The maximum atomic E-state index is 11.9. The standard InChI is InChI=1S/C22H31N5O2/c1-5-29-22(28)27-12-10-17(11-13-27)24-21-23-16(4)14-20(26-21)25-19-9-7-6-8-18(19)15(2)3/h6-9,14-15,17H,5,10-13H2,1-4H3,(H2,23,24,25,26). The van der Waals surface area contributed by atoms with Gasteiger partial charge in [-0.05, 0) is 44.2 Å². The van der Waals surface area contributed by atoms with Gasteiger partial charge in [-0.3, -0.25) is 0 Å². The van der Waals surface area contributed by atoms with Crippen LogP contribution >= 0.6 is 0 Å². The second kappa shape index (κ2) is 9.58. The summed E-state index contributed by atoms with van der Waals surface area (Å²) in [6.45, 7) is 9.92. The van der Waals surface area contributed by atoms with E-state index in [0.29, 0.717) is 31.6 Å². The number of aryl methyl sites for hydroxylation is 1. The Morgan fingerprint density at radius 1 is 1.24 bits per heavy atom. The van der Waals surface area contributed by atoms with Crippen molar-refractivity contribution < 1.29 is 9.53 Å². The Morgan fingerprint density at radius 3 is 2.66 bits per heavy atom. The first-order valence-electron chi connectivity index (χ1n) is 10.4. The third kappa shape index (κ3) is 5.59. The Bertz CT molecular complexity index is 832. The molecule has 29 heavy (non-hydrogen) atoms. The van der Waals surface area contributed by atoms with Gasteiger partial charge in [0, 0.05) is 36.6 Å². The summed E-state index contributed by atoms with van der Waals surface area (Å²) in [5.74, 6) is 1.81. The number of carbonyl (C=O) groups is 1. The van der Waals surface area contributed by atoms with Crippen LogP contribution in [-0.2, 0) is 4.74 Å². The molecular weight excluding hydrogens is 366 g/mol. The summed E-state index contributed by atoms with van der Waals surface area (Å²) in [6.07, 6.45) is 1.46. The van der Waals surface area contributed by atoms with Gasteiger partial charge in [-0.2, -0.15) is 4.98 Å². The number of carbonyl (C=O) groups excluding carboxylic acids is 1. The molecule has 0 atom stereocenters. The molecule has 0 saturated carbocycles. The smallest absolute Gasteiger partial charge is 0.409 e. The fourth-order valence-corrected chi connectivity index (χ4v) is 3.55. The largest absolute Gasteiger partial charge is 0.450 e. The van der Waals surface area contributed by atoms with Crippen LogP contribution in [0, 0.1) is 6.92 Å². The second-order valence-electron chi connectivity index (χ2n) is 7.69. The van der Waals surface area contributed by atoms with Gasteiger partial charge in [-0.25, -0.2) is 9.78 Å². The van der Waals surface area contributed by atoms with Gasteiger partial charge in [0.2, 0.25) is 5.95 Å². The molecule has 1 amide bonds. The van der Waals surface area contributed by atoms with Gasteiger partial charge >= 0.3 is 6.09 Å². The van der Waals surface area contributed by atoms with Crippen LogP contribution in [0.15, 0.2) is 30.3 Å². The highest BCUT2D eigenvalue weighted by Gasteiger charge is 2.24. The second-order valence-corrected chi connectivity index (χ2v) is 7.69. The lowest BCUT2D eigenvalue weighted by molar-refractivity contribution is 0.0983. The minimum Gasteiger partial charge on any atom is -0.450 e. The highest BCUT2D eigenvalue weighted by molar-refractivity contribution is 5.67. The molecule has 0 bridgehead atoms. The van der Waals surface area contributed by atoms with E-state index in [-0.39, 0.29) is 12.1 Å². The molecule has 1 aromatic carbocycles. The Kier molecular flexibility index (Phi) is 6.90. The maximum absolute atomic E-state index is 11.9. The van der Waals surface area contributed by atoms with Crippen molar-refractivity contribution in [2.24, 2.45) is 0 Å². The first kappa shape index (κ1) is 20.9. The SMILES string of the molecule is CCOC(=O)N1CCC(Nc2nc(C)cc(Nc3ccccc3C(C)C)n2)CC1. The van der Waals surface area contributed by atoms with Crippen molar-refractivity contribution in [2.75, 3.05) is 30.3 Å². The summed E-state index contributed by atoms with van der Waals surface area (Å²) < 4.78 is 5.08. The molecule has 0 aliphatic carbocycles. The number of hydrogen-bond acceptors (Lipinski definition) is 6. The molecule has 2 N–H and O–H groups in total. The van der Waals surface area contributed by atoms with E-state index in [2.05, 4.69) is 52.6 Å². The van der Waals surface area contributed by atoms with Gasteiger partial charge in [0.1, 0.15) is 5.82 Å². The van der Waals surface area contributed by atoms with Crippen molar-refractivity contribution in [1.29, 1.82) is 0 Å². The zero-order chi connectivity index (χ0) is 20.8. The van der Waals surface area contributed by atoms with E-state index < -0.39 is 0 Å². The average Bonchev–Trinajstić information content (AvgIpc) is 2.68. The van der Waals surface area contributed by atoms with Gasteiger partial charge < -0.3 is 20.3 Å². The van der Waals surface area contributed by atoms with Crippen LogP contribution in [0.2, 0.25) is 0 Å². The van der Waals surface area contributed by atoms with Crippen molar-refractivity contribution in [3.8, 4) is 0 Å². The van der Waals surface area contributed by atoms with Gasteiger partial charge in [0.05, 0.1) is 6.61 Å². The van der Waals surface area contributed by atoms with Crippen LogP contribution in [0.1, 0.15) is 50.8 Å². The fourth-order valence-electron chi connectivity index (χ4n) is 3.55. The first-order valence-corrected chi connectivity index (χ1v) is 10.4. The van der Waals surface area contributed by atoms with Gasteiger partial charge in [0.25, 0.3) is 0 Å². The zero-order valence-corrected chi connectivity index (χ0v) is 17.7. The van der Waals surface area contributed by atoms with Crippen molar-refractivity contribution in [3.63, 3.8) is 0 Å². The molecule has 2 heterocycles. The van der Waals surface area contributed by atoms with Crippen LogP contribution in [0.3, 0.4) is 0 Å². The average molecular weight is 398 g/mol. The van der Waals surface area contributed by atoms with E-state index in [1.165, 1.54) is 5.56 Å². The highest BCUT2D eigenvalue weighted by Crippen LogP contribution is 2.27. The molecule has 2 aromatic rings. The molecular formula is C22H31N5O2. The number of amides is 1. The van der Waals surface area contributed by atoms with E-state index in [4.69, 9.17) is 4.74 Å². The summed E-state index contributed by atoms with van der Waals surface area (Å²) in [6, 6.07) is 10.5. The minimum absolute atomic E-state index is 0.229. The number of likely N-dealkylation sites (tertiary alicyclic amines) is 1. The number of nitrogens with zero attached hydrogens (tertiary/aromatic N) is 3. The monoisotopic (exact) mass is 397 g/mol. The Hall–Kier alpha value is -2.83. The number of piperidine rings is 1. The fraction of sp³-hybridized carbons (Fsp3) is 0.500. The molecule has 1 saturated heterocycles. The lowest BCUT2D eigenvalue weighted by Crippen LogP contribution is -2.42. The number of aromatic nitrogens is 2. The van der Waals surface area contributed by atoms with E-state index in [1.54, 1.807) is 4.90 Å². The molecule has 1 aliphatic rings. The summed E-state index contributed by atoms with van der Waals surface area (Å²) in [7, 11) is 0. The van der Waals surface area contributed by atoms with E-state index in [0.717, 1.165) is 30.0 Å². The molecule has 156 valence electrons. The highest BCUT2D eigenvalue weighted by atomic mass is 16.6. The molecule has 1 fully saturated rings. The molecule has 3 rings (SSSR count). The normalized spacial score (nSPS) is 14.7. The van der Waals surface area contributed by atoms with Crippen molar-refractivity contribution >= 4 is 23.5 Å². The topological polar surface area (TPSA) is 79.4 Å². The quantitative estimate of drug-likeness (QED) is 0.736. The van der Waals surface area contributed by atoms with Crippen LogP contribution < -0.4 is 10.6 Å². The van der Waals surface area contributed by atoms with Crippen molar-refractivity contribution in [1.82, 2.24) is 14.9 Å². The molecule has 7 nitrogen and oxygen atoms in total. The number of benzene rings is 1. The molecule has 1 aromatic heterocycles. The molecule has 0 radical (unpaired) electrons. The van der Waals surface area contributed by atoms with Gasteiger partial charge in [-0.15, -0.1) is 0 Å². The number of nitrogens with one attached hydrogen (secondary N) is 2. The lowest BCUT2D eigenvalue weighted by atomic mass is 10.0. The summed E-state index contributed by atoms with van der Waals surface area (Å²) in [5.41, 5.74) is 3.22. The van der Waals surface area contributed by atoms with Gasteiger partial charge in [-0.1, -0.05) is 32.0 Å². The third-order valence-corrected chi connectivity index (χ3v) is 5.05. The Labute approximate surface area is 172 Å². The van der Waals surface area contributed by atoms with Crippen LogP contribution in [0.25, 0.3) is 0 Å². The molecule has 0 spiro atoms. The van der Waals surface area contributed by atoms with Crippen molar-refractivity contribution in [2.45, 2.75) is 52.5 Å². The number of anilines is 3. The predicted octanol–water partition coefficient (Wildman–Crippen LogP) is 4.68. The zero-order valence-electron chi connectivity index (χ0n) is 17.7. The van der Waals surface area contributed by atoms with E-state index in [1.807, 2.05) is 26.0 Å². The molecule has 1 aliphatic heterocycles. The van der Waals surface area contributed by atoms with Crippen LogP contribution in [-0.4, -0.2) is 46.7 Å². The van der Waals surface area contributed by atoms with Crippen LogP contribution in [0.5, 0.6) is 0 Å². The summed E-state index contributed by atoms with van der Waals surface area (Å²) in [5, 5.41) is 6.88. The number of rotatable bonds is 6. The van der Waals surface area contributed by atoms with Gasteiger partial charge in [0.15, 0.2) is 0 Å². The summed E-state index contributed by atoms with van der Waals surface area (Å²) >= 11 is 0. The number of para-hydroxylation sites is 1. The third-order valence-electron chi connectivity index (χ3n) is 5.05. The number of hydrogen-bond donors (Lipinski definition) is 2. The van der Waals surface area contributed by atoms with Crippen molar-refractivity contribution in [3.05, 3.63) is 41.6 Å². The maximum Gasteiger partial charge on any atom is 0.409 e. The summed E-state index contributed by atoms with van der Waals surface area (Å²) in [4.78, 5) is 22.8. The lowest BCUT2D eigenvalue weighted by Gasteiger charge is -2.31. The van der Waals surface area contributed by atoms with E-state index >= 15 is 0 Å². The number of ether oxygens (including phenoxy) is 1. The Morgan fingerprint density at radius 2 is 1.97 bits per heavy atom. The Balaban J connectivity index is 1.65. The first-order chi connectivity index (χ1) is 14.0. The molecule has 0 unspecified atom stereocenters. The molecule has 7 heteroatoms. The van der Waals surface area contributed by atoms with Crippen LogP contribution in [0.4, 0.5) is 22.2 Å². The predicted molar refractivity (Wildman–Crippen MR) is 116 cm³/mol.